The van der Waals surface area contributed by atoms with Crippen molar-refractivity contribution in [2.24, 2.45) is 52.3 Å². The van der Waals surface area contributed by atoms with Crippen LogP contribution >= 0.6 is 0 Å². The Balaban J connectivity index is 1.90. The normalized spacial score (nSPS) is 46.4. The van der Waals surface area contributed by atoms with Crippen molar-refractivity contribution in [3.8, 4) is 0 Å². The van der Waals surface area contributed by atoms with Crippen molar-refractivity contribution in [3.63, 3.8) is 0 Å². The monoisotopic (exact) mass is 362 g/mol. The predicted molar refractivity (Wildman–Crippen MR) is 112 cm³/mol. The number of rotatable bonds is 6. The van der Waals surface area contributed by atoms with Crippen LogP contribution in [0.15, 0.2) is 0 Å². The summed E-state index contributed by atoms with van der Waals surface area (Å²) in [5.41, 5.74) is 0.934. The Morgan fingerprint density at radius 3 is 2.42 bits per heavy atom. The van der Waals surface area contributed by atoms with Crippen LogP contribution in [0.25, 0.3) is 0 Å². The number of fused-ring (bicyclic) bond motifs is 3. The SMILES string of the molecule is CCCCC[C@H]1[C@H]2C(C(O)CC[C@@H]2C)[C@H]2C[C@@]2(C)[C@H]1C(C)CC(C)(C)C. The molecule has 0 spiro atoms. The first-order valence-electron chi connectivity index (χ1n) is 11.8. The summed E-state index contributed by atoms with van der Waals surface area (Å²) in [4.78, 5) is 0. The lowest BCUT2D eigenvalue weighted by Crippen LogP contribution is -2.51. The minimum Gasteiger partial charge on any atom is -0.393 e. The van der Waals surface area contributed by atoms with Crippen LogP contribution in [-0.2, 0) is 0 Å². The van der Waals surface area contributed by atoms with E-state index in [1.54, 1.807) is 0 Å². The highest BCUT2D eigenvalue weighted by atomic mass is 16.3. The second kappa shape index (κ2) is 7.41. The molecular formula is C25H46O. The van der Waals surface area contributed by atoms with Gasteiger partial charge in [0.25, 0.3) is 0 Å². The first-order chi connectivity index (χ1) is 12.1. The molecule has 9 atom stereocenters. The van der Waals surface area contributed by atoms with Crippen LogP contribution in [-0.4, -0.2) is 11.2 Å². The topological polar surface area (TPSA) is 20.2 Å². The van der Waals surface area contributed by atoms with Gasteiger partial charge in [-0.25, -0.2) is 0 Å². The number of aliphatic hydroxyl groups is 1. The van der Waals surface area contributed by atoms with Crippen molar-refractivity contribution < 1.29 is 5.11 Å². The van der Waals surface area contributed by atoms with Gasteiger partial charge in [-0.1, -0.05) is 67.7 Å². The van der Waals surface area contributed by atoms with Gasteiger partial charge < -0.3 is 5.11 Å². The molecule has 0 amide bonds. The summed E-state index contributed by atoms with van der Waals surface area (Å²) in [5.74, 6) is 5.53. The molecule has 1 heteroatoms. The molecule has 3 fully saturated rings. The van der Waals surface area contributed by atoms with E-state index in [9.17, 15) is 5.11 Å². The van der Waals surface area contributed by atoms with Crippen molar-refractivity contribution >= 4 is 0 Å². The Hall–Kier alpha value is -0.0400. The van der Waals surface area contributed by atoms with Gasteiger partial charge in [-0.15, -0.1) is 0 Å². The Kier molecular flexibility index (Phi) is 5.90. The zero-order valence-electron chi connectivity index (χ0n) is 18.7. The van der Waals surface area contributed by atoms with E-state index < -0.39 is 0 Å². The Morgan fingerprint density at radius 2 is 1.81 bits per heavy atom. The molecule has 0 saturated heterocycles. The van der Waals surface area contributed by atoms with Crippen LogP contribution in [0, 0.1) is 52.3 Å². The molecule has 3 rings (SSSR count). The average molecular weight is 363 g/mol. The summed E-state index contributed by atoms with van der Waals surface area (Å²) in [6.07, 6.45) is 10.5. The first-order valence-corrected chi connectivity index (χ1v) is 11.8. The highest BCUT2D eigenvalue weighted by molar-refractivity contribution is 5.16. The van der Waals surface area contributed by atoms with Crippen molar-refractivity contribution in [1.29, 1.82) is 0 Å². The molecule has 0 aromatic heterocycles. The molecule has 3 aliphatic carbocycles. The summed E-state index contributed by atoms with van der Waals surface area (Å²) in [6.45, 7) is 17.2. The van der Waals surface area contributed by atoms with Gasteiger partial charge in [-0.3, -0.25) is 0 Å². The number of hydrogen-bond acceptors (Lipinski definition) is 1. The maximum atomic E-state index is 10.9. The van der Waals surface area contributed by atoms with Gasteiger partial charge in [0.05, 0.1) is 6.10 Å². The molecule has 0 aromatic carbocycles. The minimum atomic E-state index is -0.0180. The molecule has 0 aliphatic heterocycles. The predicted octanol–water partition coefficient (Wildman–Crippen LogP) is 6.93. The third-order valence-electron chi connectivity index (χ3n) is 8.68. The Labute approximate surface area is 163 Å². The van der Waals surface area contributed by atoms with Gasteiger partial charge in [-0.05, 0) is 84.4 Å². The largest absolute Gasteiger partial charge is 0.393 e. The lowest BCUT2D eigenvalue weighted by molar-refractivity contribution is -0.102. The standard InChI is InChI=1S/C25H46O/c1-8-9-10-11-18-21-16(2)12-13-20(26)22(21)19-15-25(19,7)23(18)17(3)14-24(4,5)6/h16-23,26H,8-15H2,1-7H3/t16-,17?,18-,19+,20?,21-,22?,23-,25+/m0/s1. The van der Waals surface area contributed by atoms with Gasteiger partial charge in [0.15, 0.2) is 0 Å². The second-order valence-corrected chi connectivity index (χ2v) is 12.0. The van der Waals surface area contributed by atoms with Gasteiger partial charge in [0.2, 0.25) is 0 Å². The highest BCUT2D eigenvalue weighted by Gasteiger charge is 2.68. The number of unbranched alkanes of at least 4 members (excludes halogenated alkanes) is 2. The molecule has 26 heavy (non-hydrogen) atoms. The number of hydrogen-bond donors (Lipinski definition) is 1. The van der Waals surface area contributed by atoms with E-state index in [2.05, 4.69) is 48.5 Å². The Morgan fingerprint density at radius 1 is 1.12 bits per heavy atom. The van der Waals surface area contributed by atoms with E-state index in [-0.39, 0.29) is 6.10 Å². The lowest BCUT2D eigenvalue weighted by Gasteiger charge is -2.55. The fraction of sp³-hybridized carbons (Fsp3) is 1.00. The van der Waals surface area contributed by atoms with E-state index in [0.29, 0.717) is 16.7 Å². The summed E-state index contributed by atoms with van der Waals surface area (Å²) in [7, 11) is 0. The molecule has 1 N–H and O–H groups in total. The highest BCUT2D eigenvalue weighted by Crippen LogP contribution is 2.73. The van der Waals surface area contributed by atoms with Crippen LogP contribution in [0.5, 0.6) is 0 Å². The molecule has 0 heterocycles. The van der Waals surface area contributed by atoms with Crippen molar-refractivity contribution in [3.05, 3.63) is 0 Å². The third-order valence-corrected chi connectivity index (χ3v) is 8.68. The zero-order valence-corrected chi connectivity index (χ0v) is 18.7. The minimum absolute atomic E-state index is 0.0180. The fourth-order valence-electron chi connectivity index (χ4n) is 7.97. The van der Waals surface area contributed by atoms with Crippen LogP contribution in [0.2, 0.25) is 0 Å². The first kappa shape index (κ1) is 20.7. The molecule has 3 aliphatic rings. The summed E-state index contributed by atoms with van der Waals surface area (Å²) >= 11 is 0. The van der Waals surface area contributed by atoms with Crippen molar-refractivity contribution in [2.45, 2.75) is 106 Å². The third kappa shape index (κ3) is 3.76. The van der Waals surface area contributed by atoms with Gasteiger partial charge >= 0.3 is 0 Å². The molecule has 3 unspecified atom stereocenters. The average Bonchev–Trinajstić information content (AvgIpc) is 3.20. The maximum Gasteiger partial charge on any atom is 0.0574 e. The molecule has 0 bridgehead atoms. The molecule has 3 saturated carbocycles. The molecule has 0 radical (unpaired) electrons. The van der Waals surface area contributed by atoms with E-state index in [1.165, 1.54) is 44.9 Å². The zero-order chi connectivity index (χ0) is 19.3. The second-order valence-electron chi connectivity index (χ2n) is 12.0. The van der Waals surface area contributed by atoms with E-state index in [0.717, 1.165) is 41.9 Å². The fourth-order valence-corrected chi connectivity index (χ4v) is 7.97. The van der Waals surface area contributed by atoms with Gasteiger partial charge in [-0.2, -0.15) is 0 Å². The van der Waals surface area contributed by atoms with E-state index in [4.69, 9.17) is 0 Å². The van der Waals surface area contributed by atoms with E-state index >= 15 is 0 Å². The molecular weight excluding hydrogens is 316 g/mol. The van der Waals surface area contributed by atoms with Gasteiger partial charge in [0.1, 0.15) is 0 Å². The Bertz CT molecular complexity index is 477. The molecule has 152 valence electrons. The van der Waals surface area contributed by atoms with E-state index in [1.807, 2.05) is 0 Å². The summed E-state index contributed by atoms with van der Waals surface area (Å²) < 4.78 is 0. The van der Waals surface area contributed by atoms with Crippen LogP contribution in [0.1, 0.15) is 99.8 Å². The molecule has 0 aromatic rings. The number of aliphatic hydroxyl groups excluding tert-OH is 1. The van der Waals surface area contributed by atoms with Crippen molar-refractivity contribution in [2.75, 3.05) is 0 Å². The maximum absolute atomic E-state index is 10.9. The smallest absolute Gasteiger partial charge is 0.0574 e. The van der Waals surface area contributed by atoms with Crippen molar-refractivity contribution in [1.82, 2.24) is 0 Å². The quantitative estimate of drug-likeness (QED) is 0.508. The summed E-state index contributed by atoms with van der Waals surface area (Å²) in [6, 6.07) is 0. The van der Waals surface area contributed by atoms with Crippen LogP contribution in [0.4, 0.5) is 0 Å². The lowest BCUT2D eigenvalue weighted by atomic mass is 9.51. The van der Waals surface area contributed by atoms with Crippen LogP contribution < -0.4 is 0 Å². The van der Waals surface area contributed by atoms with Crippen LogP contribution in [0.3, 0.4) is 0 Å². The molecule has 1 nitrogen and oxygen atoms in total. The van der Waals surface area contributed by atoms with Gasteiger partial charge in [0, 0.05) is 0 Å². The summed E-state index contributed by atoms with van der Waals surface area (Å²) in [5, 5.41) is 10.9.